The molecule has 23 heavy (non-hydrogen) atoms. The van der Waals surface area contributed by atoms with Crippen molar-refractivity contribution in [1.82, 2.24) is 10.0 Å². The van der Waals surface area contributed by atoms with Crippen LogP contribution in [0.2, 0.25) is 0 Å². The predicted octanol–water partition coefficient (Wildman–Crippen LogP) is 1.54. The van der Waals surface area contributed by atoms with E-state index in [4.69, 9.17) is 4.42 Å². The van der Waals surface area contributed by atoms with Crippen LogP contribution in [0.3, 0.4) is 0 Å². The lowest BCUT2D eigenvalue weighted by molar-refractivity contribution is -0.122. The molecule has 0 aliphatic carbocycles. The van der Waals surface area contributed by atoms with Crippen LogP contribution >= 0.6 is 0 Å². The van der Waals surface area contributed by atoms with Crippen LogP contribution in [0.5, 0.6) is 0 Å². The van der Waals surface area contributed by atoms with Gasteiger partial charge < -0.3 is 9.73 Å². The van der Waals surface area contributed by atoms with Gasteiger partial charge in [-0.25, -0.2) is 17.5 Å². The van der Waals surface area contributed by atoms with Crippen LogP contribution in [0.4, 0.5) is 4.39 Å². The number of rotatable bonds is 7. The number of halogens is 1. The second-order valence-electron chi connectivity index (χ2n) is 5.02. The number of hydrogen-bond acceptors (Lipinski definition) is 4. The summed E-state index contributed by atoms with van der Waals surface area (Å²) in [6.45, 7) is 1.62. The Kier molecular flexibility index (Phi) is 5.51. The van der Waals surface area contributed by atoms with Gasteiger partial charge in [0.1, 0.15) is 11.6 Å². The van der Waals surface area contributed by atoms with Crippen LogP contribution in [-0.4, -0.2) is 20.4 Å². The Balaban J connectivity index is 1.88. The van der Waals surface area contributed by atoms with Crippen molar-refractivity contribution in [3.63, 3.8) is 0 Å². The molecule has 1 amide bonds. The van der Waals surface area contributed by atoms with Crippen molar-refractivity contribution in [3.05, 3.63) is 59.8 Å². The number of amides is 1. The fourth-order valence-electron chi connectivity index (χ4n) is 1.91. The first-order valence-electron chi connectivity index (χ1n) is 6.90. The number of nitrogens with one attached hydrogen (secondary N) is 2. The van der Waals surface area contributed by atoms with Gasteiger partial charge in [-0.2, -0.15) is 0 Å². The van der Waals surface area contributed by atoms with Gasteiger partial charge >= 0.3 is 0 Å². The van der Waals surface area contributed by atoms with E-state index in [9.17, 15) is 17.6 Å². The standard InChI is InChI=1S/C15H17FN2O4S/c1-11(15(19)17-9-14-3-2-8-22-14)18-23(20,21)10-12-4-6-13(16)7-5-12/h2-8,11,18H,9-10H2,1H3,(H,17,19)/t11-/m1/s1. The maximum atomic E-state index is 12.8. The first-order chi connectivity index (χ1) is 10.9. The number of furan rings is 1. The number of carbonyl (C=O) groups excluding carboxylic acids is 1. The molecule has 0 saturated carbocycles. The minimum atomic E-state index is -3.72. The Hall–Kier alpha value is -2.19. The molecule has 0 saturated heterocycles. The zero-order chi connectivity index (χ0) is 16.9. The molecular formula is C15H17FN2O4S. The van der Waals surface area contributed by atoms with E-state index in [1.54, 1.807) is 12.1 Å². The summed E-state index contributed by atoms with van der Waals surface area (Å²) in [6.07, 6.45) is 1.48. The summed E-state index contributed by atoms with van der Waals surface area (Å²) in [5, 5.41) is 2.57. The van der Waals surface area contributed by atoms with Crippen LogP contribution in [-0.2, 0) is 27.1 Å². The molecule has 2 aromatic rings. The van der Waals surface area contributed by atoms with Crippen molar-refractivity contribution in [2.24, 2.45) is 0 Å². The minimum Gasteiger partial charge on any atom is -0.467 e. The highest BCUT2D eigenvalue weighted by Gasteiger charge is 2.20. The Morgan fingerprint density at radius 2 is 1.96 bits per heavy atom. The van der Waals surface area contributed by atoms with Crippen molar-refractivity contribution in [2.45, 2.75) is 25.3 Å². The van der Waals surface area contributed by atoms with E-state index in [0.717, 1.165) is 0 Å². The van der Waals surface area contributed by atoms with Gasteiger partial charge in [-0.1, -0.05) is 12.1 Å². The van der Waals surface area contributed by atoms with Crippen LogP contribution in [0.1, 0.15) is 18.2 Å². The lowest BCUT2D eigenvalue weighted by Gasteiger charge is -2.14. The van der Waals surface area contributed by atoms with E-state index < -0.39 is 27.8 Å². The van der Waals surface area contributed by atoms with E-state index in [0.29, 0.717) is 11.3 Å². The summed E-state index contributed by atoms with van der Waals surface area (Å²) in [5.74, 6) is -0.670. The van der Waals surface area contributed by atoms with Crippen molar-refractivity contribution in [2.75, 3.05) is 0 Å². The Morgan fingerprint density at radius 3 is 2.57 bits per heavy atom. The molecule has 6 nitrogen and oxygen atoms in total. The Bertz CT molecular complexity index is 742. The van der Waals surface area contributed by atoms with Gasteiger partial charge in [-0.15, -0.1) is 0 Å². The zero-order valence-electron chi connectivity index (χ0n) is 12.5. The van der Waals surface area contributed by atoms with Crippen LogP contribution in [0.25, 0.3) is 0 Å². The molecular weight excluding hydrogens is 323 g/mol. The Morgan fingerprint density at radius 1 is 1.26 bits per heavy atom. The first-order valence-corrected chi connectivity index (χ1v) is 8.55. The molecule has 124 valence electrons. The lowest BCUT2D eigenvalue weighted by Crippen LogP contribution is -2.44. The molecule has 0 spiro atoms. The van der Waals surface area contributed by atoms with Crippen LogP contribution in [0, 0.1) is 5.82 Å². The predicted molar refractivity (Wildman–Crippen MR) is 82.2 cm³/mol. The van der Waals surface area contributed by atoms with Gasteiger partial charge in [0.2, 0.25) is 15.9 Å². The fourth-order valence-corrected chi connectivity index (χ4v) is 3.27. The molecule has 0 fully saturated rings. The molecule has 1 aromatic carbocycles. The molecule has 2 N–H and O–H groups in total. The third-order valence-electron chi connectivity index (χ3n) is 3.04. The molecule has 0 aliphatic heterocycles. The number of hydrogen-bond donors (Lipinski definition) is 2. The van der Waals surface area contributed by atoms with Crippen molar-refractivity contribution in [3.8, 4) is 0 Å². The smallest absolute Gasteiger partial charge is 0.238 e. The highest BCUT2D eigenvalue weighted by molar-refractivity contribution is 7.88. The highest BCUT2D eigenvalue weighted by atomic mass is 32.2. The molecule has 1 atom stereocenters. The normalized spacial score (nSPS) is 12.8. The number of benzene rings is 1. The average molecular weight is 340 g/mol. The Labute approximate surface area is 133 Å². The zero-order valence-corrected chi connectivity index (χ0v) is 13.3. The third kappa shape index (κ3) is 5.50. The number of sulfonamides is 1. The van der Waals surface area contributed by atoms with Crippen molar-refractivity contribution >= 4 is 15.9 Å². The maximum Gasteiger partial charge on any atom is 0.238 e. The minimum absolute atomic E-state index is 0.176. The quantitative estimate of drug-likeness (QED) is 0.800. The molecule has 0 bridgehead atoms. The van der Waals surface area contributed by atoms with Gasteiger partial charge in [-0.05, 0) is 36.8 Å². The van der Waals surface area contributed by atoms with Gasteiger partial charge in [0.05, 0.1) is 24.6 Å². The summed E-state index contributed by atoms with van der Waals surface area (Å²) >= 11 is 0. The van der Waals surface area contributed by atoms with E-state index in [-0.39, 0.29) is 12.3 Å². The molecule has 1 heterocycles. The summed E-state index contributed by atoms with van der Waals surface area (Å²) in [5.41, 5.74) is 0.432. The molecule has 8 heteroatoms. The largest absolute Gasteiger partial charge is 0.467 e. The lowest BCUT2D eigenvalue weighted by atomic mass is 10.2. The third-order valence-corrected chi connectivity index (χ3v) is 4.46. The van der Waals surface area contributed by atoms with Gasteiger partial charge in [-0.3, -0.25) is 4.79 Å². The first kappa shape index (κ1) is 17.2. The van der Waals surface area contributed by atoms with Crippen LogP contribution in [0.15, 0.2) is 47.1 Å². The van der Waals surface area contributed by atoms with Crippen molar-refractivity contribution in [1.29, 1.82) is 0 Å². The second-order valence-corrected chi connectivity index (χ2v) is 6.78. The van der Waals surface area contributed by atoms with E-state index in [1.165, 1.54) is 37.5 Å². The summed E-state index contributed by atoms with van der Waals surface area (Å²) in [7, 11) is -3.72. The molecule has 0 unspecified atom stereocenters. The maximum absolute atomic E-state index is 12.8. The molecule has 0 aliphatic rings. The van der Waals surface area contributed by atoms with Gasteiger partial charge in [0.25, 0.3) is 0 Å². The second kappa shape index (κ2) is 7.38. The molecule has 2 rings (SSSR count). The van der Waals surface area contributed by atoms with Crippen molar-refractivity contribution < 1.29 is 22.0 Å². The summed E-state index contributed by atoms with van der Waals surface area (Å²) in [4.78, 5) is 11.9. The van der Waals surface area contributed by atoms with E-state index >= 15 is 0 Å². The number of carbonyl (C=O) groups is 1. The summed E-state index contributed by atoms with van der Waals surface area (Å²) in [6, 6.07) is 7.59. The monoisotopic (exact) mass is 340 g/mol. The highest BCUT2D eigenvalue weighted by Crippen LogP contribution is 2.07. The fraction of sp³-hybridized carbons (Fsp3) is 0.267. The SMILES string of the molecule is C[C@@H](NS(=O)(=O)Cc1ccc(F)cc1)C(=O)NCc1ccco1. The van der Waals surface area contributed by atoms with Gasteiger partial charge in [0, 0.05) is 0 Å². The van der Waals surface area contributed by atoms with E-state index in [2.05, 4.69) is 10.0 Å². The van der Waals surface area contributed by atoms with Gasteiger partial charge in [0.15, 0.2) is 0 Å². The summed E-state index contributed by atoms with van der Waals surface area (Å²) < 4.78 is 44.2. The average Bonchev–Trinajstić information content (AvgIpc) is 2.99. The topological polar surface area (TPSA) is 88.4 Å². The molecule has 1 aromatic heterocycles. The molecule has 0 radical (unpaired) electrons. The van der Waals surface area contributed by atoms with E-state index in [1.807, 2.05) is 0 Å². The van der Waals surface area contributed by atoms with Crippen LogP contribution < -0.4 is 10.0 Å².